The Morgan fingerprint density at radius 2 is 2.12 bits per heavy atom. The van der Waals surface area contributed by atoms with Crippen molar-refractivity contribution < 1.29 is 13.2 Å². The van der Waals surface area contributed by atoms with Crippen molar-refractivity contribution >= 4 is 0 Å². The monoisotopic (exact) mass is 245 g/mol. The predicted molar refractivity (Wildman–Crippen MR) is 56.7 cm³/mol. The van der Waals surface area contributed by atoms with Crippen LogP contribution in [0.1, 0.15) is 19.3 Å². The van der Waals surface area contributed by atoms with E-state index in [0.717, 1.165) is 6.42 Å². The van der Waals surface area contributed by atoms with Gasteiger partial charge in [0.25, 0.3) is 0 Å². The third-order valence-corrected chi connectivity index (χ3v) is 2.48. The highest BCUT2D eigenvalue weighted by Gasteiger charge is 2.36. The van der Waals surface area contributed by atoms with Crippen LogP contribution in [0.5, 0.6) is 0 Å². The zero-order chi connectivity index (χ0) is 12.7. The van der Waals surface area contributed by atoms with Crippen molar-refractivity contribution in [1.29, 1.82) is 5.26 Å². The predicted octanol–water partition coefficient (Wildman–Crippen LogP) is 1.48. The van der Waals surface area contributed by atoms with Crippen LogP contribution in [0.25, 0.3) is 0 Å². The highest BCUT2D eigenvalue weighted by molar-refractivity contribution is 5.02. The van der Waals surface area contributed by atoms with Crippen LogP contribution in [0.15, 0.2) is 0 Å². The average Bonchev–Trinajstić information content (AvgIpc) is 2.31. The zero-order valence-electron chi connectivity index (χ0n) is 9.35. The van der Waals surface area contributed by atoms with Crippen molar-refractivity contribution in [1.82, 2.24) is 10.2 Å². The normalized spacial score (nSPS) is 24.0. The molecule has 0 aromatic heterocycles. The zero-order valence-corrected chi connectivity index (χ0v) is 9.35. The summed E-state index contributed by atoms with van der Waals surface area (Å²) in [4.78, 5) is 0.354. The first-order valence-corrected chi connectivity index (χ1v) is 5.44. The van der Waals surface area contributed by atoms with Crippen LogP contribution in [-0.4, -0.2) is 36.9 Å². The van der Waals surface area contributed by atoms with Gasteiger partial charge < -0.3 is 5.32 Å². The van der Waals surface area contributed by atoms with Crippen molar-refractivity contribution in [3.8, 4) is 17.9 Å². The number of rotatable bonds is 0. The summed E-state index contributed by atoms with van der Waals surface area (Å²) in [6.45, 7) is -0.349. The van der Waals surface area contributed by atoms with E-state index in [1.807, 2.05) is 6.07 Å². The van der Waals surface area contributed by atoms with Gasteiger partial charge in [-0.2, -0.15) is 18.4 Å². The Morgan fingerprint density at radius 3 is 2.76 bits per heavy atom. The fourth-order valence-corrected chi connectivity index (χ4v) is 1.52. The largest absolute Gasteiger partial charge is 0.460 e. The Bertz CT molecular complexity index is 335. The first-order chi connectivity index (χ1) is 8.04. The van der Waals surface area contributed by atoms with Gasteiger partial charge in [0.05, 0.1) is 18.7 Å². The van der Waals surface area contributed by atoms with Gasteiger partial charge in [0.1, 0.15) is 0 Å². The van der Waals surface area contributed by atoms with E-state index < -0.39 is 6.30 Å². The average molecular weight is 245 g/mol. The lowest BCUT2D eigenvalue weighted by molar-refractivity contribution is -0.240. The van der Waals surface area contributed by atoms with Crippen LogP contribution >= 0.6 is 0 Å². The summed E-state index contributed by atoms with van der Waals surface area (Å²) in [5.41, 5.74) is 0. The number of hydrogen-bond donors (Lipinski definition) is 1. The van der Waals surface area contributed by atoms with Gasteiger partial charge in [-0.15, -0.1) is 5.92 Å². The maximum atomic E-state index is 12.5. The van der Waals surface area contributed by atoms with E-state index >= 15 is 0 Å². The maximum absolute atomic E-state index is 12.5. The first kappa shape index (κ1) is 13.8. The Kier molecular flexibility index (Phi) is 5.27. The minimum atomic E-state index is -4.37. The van der Waals surface area contributed by atoms with E-state index in [2.05, 4.69) is 17.2 Å². The fourth-order valence-electron chi connectivity index (χ4n) is 1.52. The second-order valence-corrected chi connectivity index (χ2v) is 3.77. The van der Waals surface area contributed by atoms with Gasteiger partial charge in [-0.05, 0) is 12.8 Å². The fraction of sp³-hybridized carbons (Fsp3) is 0.727. The quantitative estimate of drug-likeness (QED) is 0.519. The molecule has 1 atom stereocenters. The highest BCUT2D eigenvalue weighted by Crippen LogP contribution is 2.20. The third-order valence-electron chi connectivity index (χ3n) is 2.48. The molecular formula is C11H14F3N3. The van der Waals surface area contributed by atoms with E-state index in [1.54, 1.807) is 0 Å². The molecule has 3 nitrogen and oxygen atoms in total. The summed E-state index contributed by atoms with van der Waals surface area (Å²) < 4.78 is 37.6. The van der Waals surface area contributed by atoms with Gasteiger partial charge in [0.2, 0.25) is 0 Å². The van der Waals surface area contributed by atoms with Crippen molar-refractivity contribution in [2.24, 2.45) is 0 Å². The van der Waals surface area contributed by atoms with E-state index in [9.17, 15) is 13.2 Å². The number of nitrogens with zero attached hydrogens (tertiary/aromatic N) is 2. The SMILES string of the molecule is N#CC1CCCC#CCN(C(F)(F)F)CCN1. The number of alkyl halides is 3. The minimum Gasteiger partial charge on any atom is -0.301 e. The molecule has 1 aliphatic rings. The summed E-state index contributed by atoms with van der Waals surface area (Å²) in [5.74, 6) is 5.22. The molecule has 17 heavy (non-hydrogen) atoms. The molecule has 0 aromatic carbocycles. The topological polar surface area (TPSA) is 39.1 Å². The minimum absolute atomic E-state index is 0.138. The van der Waals surface area contributed by atoms with Gasteiger partial charge >= 0.3 is 6.30 Å². The molecule has 1 N–H and O–H groups in total. The second kappa shape index (κ2) is 6.48. The lowest BCUT2D eigenvalue weighted by atomic mass is 10.1. The molecule has 0 aromatic rings. The van der Waals surface area contributed by atoms with E-state index in [0.29, 0.717) is 17.7 Å². The lowest BCUT2D eigenvalue weighted by Crippen LogP contribution is -2.43. The van der Waals surface area contributed by atoms with Crippen molar-refractivity contribution in [2.75, 3.05) is 19.6 Å². The Labute approximate surface area is 98.6 Å². The Morgan fingerprint density at radius 1 is 1.35 bits per heavy atom. The molecule has 1 aliphatic heterocycles. The molecule has 1 unspecified atom stereocenters. The third kappa shape index (κ3) is 5.08. The van der Waals surface area contributed by atoms with E-state index in [4.69, 9.17) is 5.26 Å². The molecule has 94 valence electrons. The second-order valence-electron chi connectivity index (χ2n) is 3.77. The number of halogens is 3. The van der Waals surface area contributed by atoms with Crippen molar-refractivity contribution in [3.05, 3.63) is 0 Å². The van der Waals surface area contributed by atoms with Gasteiger partial charge in [-0.3, -0.25) is 0 Å². The van der Waals surface area contributed by atoms with Crippen LogP contribution < -0.4 is 5.32 Å². The van der Waals surface area contributed by atoms with E-state index in [-0.39, 0.29) is 25.7 Å². The van der Waals surface area contributed by atoms with Crippen LogP contribution in [-0.2, 0) is 0 Å². The molecule has 0 bridgehead atoms. The molecule has 1 rings (SSSR count). The van der Waals surface area contributed by atoms with Gasteiger partial charge in [-0.25, -0.2) is 4.90 Å². The van der Waals surface area contributed by atoms with Gasteiger partial charge in [-0.1, -0.05) is 5.92 Å². The summed E-state index contributed by atoms with van der Waals surface area (Å²) in [5, 5.41) is 11.6. The van der Waals surface area contributed by atoms with Gasteiger partial charge in [0, 0.05) is 19.5 Å². The maximum Gasteiger partial charge on any atom is 0.460 e. The molecule has 6 heteroatoms. The van der Waals surface area contributed by atoms with Crippen LogP contribution in [0.3, 0.4) is 0 Å². The standard InChI is InChI=1S/C11H14F3N3/c12-11(13,14)17-7-4-2-1-3-5-10(9-15)16-6-8-17/h10,16H,1,3,5-8H2. The van der Waals surface area contributed by atoms with Crippen molar-refractivity contribution in [2.45, 2.75) is 31.6 Å². The van der Waals surface area contributed by atoms with E-state index in [1.165, 1.54) is 0 Å². The molecule has 0 fully saturated rings. The number of nitrogens with one attached hydrogen (secondary N) is 1. The number of hydrogen-bond acceptors (Lipinski definition) is 3. The number of nitriles is 1. The summed E-state index contributed by atoms with van der Waals surface area (Å²) in [6, 6.07) is 1.65. The molecule has 1 heterocycles. The molecular weight excluding hydrogens is 231 g/mol. The van der Waals surface area contributed by atoms with Gasteiger partial charge in [0.15, 0.2) is 0 Å². The summed E-state index contributed by atoms with van der Waals surface area (Å²) in [7, 11) is 0. The Hall–Kier alpha value is -1.24. The van der Waals surface area contributed by atoms with Crippen molar-refractivity contribution in [3.63, 3.8) is 0 Å². The highest BCUT2D eigenvalue weighted by atomic mass is 19.4. The smallest absolute Gasteiger partial charge is 0.301 e. The molecule has 0 amide bonds. The van der Waals surface area contributed by atoms with Crippen LogP contribution in [0.4, 0.5) is 13.2 Å². The molecule has 0 aliphatic carbocycles. The Balaban J connectivity index is 2.62. The molecule has 0 spiro atoms. The molecule has 0 saturated carbocycles. The lowest BCUT2D eigenvalue weighted by Gasteiger charge is -2.23. The molecule has 0 saturated heterocycles. The first-order valence-electron chi connectivity index (χ1n) is 5.44. The molecule has 0 radical (unpaired) electrons. The van der Waals surface area contributed by atoms with Crippen LogP contribution in [0.2, 0.25) is 0 Å². The summed E-state index contributed by atoms with van der Waals surface area (Å²) >= 11 is 0. The summed E-state index contributed by atoms with van der Waals surface area (Å²) in [6.07, 6.45) is -2.49. The van der Waals surface area contributed by atoms with Crippen LogP contribution in [0, 0.1) is 23.2 Å².